The Bertz CT molecular complexity index is 1380. The third-order valence-electron chi connectivity index (χ3n) is 7.90. The molecule has 0 unspecified atom stereocenters. The van der Waals surface area contributed by atoms with Crippen LogP contribution in [0.1, 0.15) is 51.2 Å². The predicted molar refractivity (Wildman–Crippen MR) is 143 cm³/mol. The van der Waals surface area contributed by atoms with Gasteiger partial charge in [0.05, 0.1) is 12.5 Å². The highest BCUT2D eigenvalue weighted by molar-refractivity contribution is 6.01. The Morgan fingerprint density at radius 3 is 2.59 bits per heavy atom. The molecule has 1 saturated heterocycles. The lowest BCUT2D eigenvalue weighted by Crippen LogP contribution is -2.55. The summed E-state index contributed by atoms with van der Waals surface area (Å²) in [6.45, 7) is 5.34. The molecule has 3 aliphatic rings. The smallest absolute Gasteiger partial charge is 0.411 e. The van der Waals surface area contributed by atoms with Gasteiger partial charge in [0.2, 0.25) is 11.8 Å². The van der Waals surface area contributed by atoms with Gasteiger partial charge >= 0.3 is 6.09 Å². The van der Waals surface area contributed by atoms with E-state index in [1.807, 2.05) is 18.2 Å². The second-order valence-corrected chi connectivity index (χ2v) is 11.7. The van der Waals surface area contributed by atoms with E-state index < -0.39 is 35.5 Å². The maximum Gasteiger partial charge on any atom is 0.411 e. The molecule has 1 saturated carbocycles. The van der Waals surface area contributed by atoms with Crippen LogP contribution in [0.3, 0.4) is 0 Å². The fourth-order valence-electron chi connectivity index (χ4n) is 6.02. The first-order chi connectivity index (χ1) is 18.4. The van der Waals surface area contributed by atoms with Crippen LogP contribution in [0.15, 0.2) is 36.4 Å². The minimum Gasteiger partial charge on any atom is -0.444 e. The number of carbonyl (C=O) groups is 3. The van der Waals surface area contributed by atoms with E-state index in [-0.39, 0.29) is 24.3 Å². The molecule has 4 atom stereocenters. The molecule has 2 aromatic rings. The molecular weight excluding hydrogens is 499 g/mol. The zero-order valence-electron chi connectivity index (χ0n) is 22.7. The van der Waals surface area contributed by atoms with Crippen LogP contribution in [0.4, 0.5) is 14.9 Å². The Kier molecular flexibility index (Phi) is 6.83. The fraction of sp³-hybridized carbons (Fsp3) is 0.467. The minimum atomic E-state index is -0.961. The SMILES string of the molecule is CN1C(=O)Cc2ccc(-c3ccc(C[C@@H](C#N)NC(=O)[C@@H]4[C@H]5CC[C@H](C5)N4C(=O)OC(C)(C)C)c(F)c3)cc21. The molecule has 2 heterocycles. The number of nitrogens with zero attached hydrogens (tertiary/aromatic N) is 3. The van der Waals surface area contributed by atoms with Crippen LogP contribution >= 0.6 is 0 Å². The van der Waals surface area contributed by atoms with Crippen molar-refractivity contribution in [3.63, 3.8) is 0 Å². The summed E-state index contributed by atoms with van der Waals surface area (Å²) in [5, 5.41) is 12.5. The number of piperidine rings is 1. The number of ether oxygens (including phenoxy) is 1. The highest BCUT2D eigenvalue weighted by Gasteiger charge is 2.52. The predicted octanol–water partition coefficient (Wildman–Crippen LogP) is 4.35. The van der Waals surface area contributed by atoms with E-state index in [1.165, 1.54) is 11.0 Å². The van der Waals surface area contributed by atoms with E-state index in [9.17, 15) is 19.6 Å². The topological polar surface area (TPSA) is 103 Å². The third kappa shape index (κ3) is 5.20. The number of anilines is 1. The summed E-state index contributed by atoms with van der Waals surface area (Å²) in [6, 6.07) is 10.8. The minimum absolute atomic E-state index is 0.0109. The van der Waals surface area contributed by atoms with Crippen LogP contribution < -0.4 is 10.2 Å². The second-order valence-electron chi connectivity index (χ2n) is 11.7. The third-order valence-corrected chi connectivity index (χ3v) is 7.90. The molecule has 204 valence electrons. The molecular formula is C30H33FN4O4. The van der Waals surface area contributed by atoms with Gasteiger partial charge in [0.25, 0.3) is 0 Å². The molecule has 2 aliphatic heterocycles. The van der Waals surface area contributed by atoms with Crippen molar-refractivity contribution in [3.8, 4) is 17.2 Å². The fourth-order valence-corrected chi connectivity index (χ4v) is 6.02. The summed E-state index contributed by atoms with van der Waals surface area (Å²) in [7, 11) is 1.72. The summed E-state index contributed by atoms with van der Waals surface area (Å²) >= 11 is 0. The maximum atomic E-state index is 15.2. The highest BCUT2D eigenvalue weighted by Crippen LogP contribution is 2.43. The number of likely N-dealkylation sites (tertiary alicyclic amines) is 1. The van der Waals surface area contributed by atoms with Crippen molar-refractivity contribution >= 4 is 23.6 Å². The Balaban J connectivity index is 1.28. The van der Waals surface area contributed by atoms with Crippen molar-refractivity contribution in [1.29, 1.82) is 5.26 Å². The van der Waals surface area contributed by atoms with Gasteiger partial charge in [-0.25, -0.2) is 9.18 Å². The lowest BCUT2D eigenvalue weighted by atomic mass is 9.96. The van der Waals surface area contributed by atoms with E-state index >= 15 is 4.39 Å². The number of hydrogen-bond donors (Lipinski definition) is 1. The number of nitrogens with one attached hydrogen (secondary N) is 1. The van der Waals surface area contributed by atoms with Crippen molar-refractivity contribution in [1.82, 2.24) is 10.2 Å². The molecule has 5 rings (SSSR count). The molecule has 0 aromatic heterocycles. The molecule has 1 aliphatic carbocycles. The van der Waals surface area contributed by atoms with Crippen molar-refractivity contribution in [3.05, 3.63) is 53.3 Å². The zero-order chi connectivity index (χ0) is 28.1. The molecule has 0 radical (unpaired) electrons. The van der Waals surface area contributed by atoms with Crippen LogP contribution in [0.2, 0.25) is 0 Å². The zero-order valence-corrected chi connectivity index (χ0v) is 22.7. The van der Waals surface area contributed by atoms with Crippen LogP contribution in [0.5, 0.6) is 0 Å². The summed E-state index contributed by atoms with van der Waals surface area (Å²) in [4.78, 5) is 41.3. The van der Waals surface area contributed by atoms with Crippen LogP contribution in [0, 0.1) is 23.1 Å². The number of likely N-dealkylation sites (N-methyl/N-ethyl adjacent to an activating group) is 1. The number of fused-ring (bicyclic) bond motifs is 3. The number of amides is 3. The van der Waals surface area contributed by atoms with Gasteiger partial charge in [0, 0.05) is 25.2 Å². The number of halogens is 1. The average Bonchev–Trinajstić information content (AvgIpc) is 3.57. The molecule has 1 N–H and O–H groups in total. The average molecular weight is 533 g/mol. The quantitative estimate of drug-likeness (QED) is 0.617. The first-order valence-corrected chi connectivity index (χ1v) is 13.3. The standard InChI is InChI=1S/C30H33FN4O4/c1-30(2,3)39-29(38)35-23-10-9-21(12-23)27(35)28(37)33-22(16-32)11-19-7-5-17(13-24(19)31)18-6-8-20-15-26(36)34(4)25(20)14-18/h5-8,13-14,21-23,27H,9-12,15H2,1-4H3,(H,33,37)/t21-,22-,23+,27-/m0/s1. The molecule has 9 heteroatoms. The first-order valence-electron chi connectivity index (χ1n) is 13.3. The molecule has 0 spiro atoms. The van der Waals surface area contributed by atoms with Gasteiger partial charge in [-0.3, -0.25) is 14.5 Å². The maximum absolute atomic E-state index is 15.2. The number of nitriles is 1. The lowest BCUT2D eigenvalue weighted by molar-refractivity contribution is -0.128. The number of benzene rings is 2. The van der Waals surface area contributed by atoms with Crippen LogP contribution in [-0.4, -0.2) is 53.6 Å². The molecule has 39 heavy (non-hydrogen) atoms. The summed E-state index contributed by atoms with van der Waals surface area (Å²) < 4.78 is 20.7. The molecule has 2 aromatic carbocycles. The highest BCUT2D eigenvalue weighted by atomic mass is 19.1. The summed E-state index contributed by atoms with van der Waals surface area (Å²) in [6.07, 6.45) is 2.22. The van der Waals surface area contributed by atoms with Crippen LogP contribution in [-0.2, 0) is 27.2 Å². The van der Waals surface area contributed by atoms with Crippen molar-refractivity contribution in [2.75, 3.05) is 11.9 Å². The monoisotopic (exact) mass is 532 g/mol. The first kappa shape index (κ1) is 26.7. The Morgan fingerprint density at radius 1 is 1.18 bits per heavy atom. The Morgan fingerprint density at radius 2 is 1.90 bits per heavy atom. The largest absolute Gasteiger partial charge is 0.444 e. The summed E-state index contributed by atoms with van der Waals surface area (Å²) in [5.41, 5.74) is 2.80. The van der Waals surface area contributed by atoms with Gasteiger partial charge in [0.15, 0.2) is 0 Å². The normalized spacial score (nSPS) is 22.5. The Hall–Kier alpha value is -3.93. The van der Waals surface area contributed by atoms with E-state index in [4.69, 9.17) is 4.74 Å². The van der Waals surface area contributed by atoms with Crippen molar-refractivity contribution in [2.24, 2.45) is 5.92 Å². The number of carbonyl (C=O) groups excluding carboxylic acids is 3. The van der Waals surface area contributed by atoms with Gasteiger partial charge < -0.3 is 15.0 Å². The van der Waals surface area contributed by atoms with E-state index in [1.54, 1.807) is 44.9 Å². The molecule has 8 nitrogen and oxygen atoms in total. The summed E-state index contributed by atoms with van der Waals surface area (Å²) in [5.74, 6) is -0.858. The number of rotatable bonds is 5. The van der Waals surface area contributed by atoms with Gasteiger partial charge in [-0.05, 0) is 80.3 Å². The molecule has 3 amide bonds. The number of hydrogen-bond acceptors (Lipinski definition) is 5. The van der Waals surface area contributed by atoms with E-state index in [2.05, 4.69) is 11.4 Å². The van der Waals surface area contributed by atoms with Crippen molar-refractivity contribution in [2.45, 2.75) is 76.6 Å². The van der Waals surface area contributed by atoms with Gasteiger partial charge in [-0.2, -0.15) is 5.26 Å². The lowest BCUT2D eigenvalue weighted by Gasteiger charge is -2.35. The Labute approximate surface area is 227 Å². The molecule has 2 fully saturated rings. The van der Waals surface area contributed by atoms with E-state index in [0.717, 1.165) is 36.1 Å². The van der Waals surface area contributed by atoms with Crippen LogP contribution in [0.25, 0.3) is 11.1 Å². The second kappa shape index (κ2) is 9.99. The van der Waals surface area contributed by atoms with Gasteiger partial charge in [0.1, 0.15) is 23.5 Å². The molecule has 2 bridgehead atoms. The van der Waals surface area contributed by atoms with Gasteiger partial charge in [-0.15, -0.1) is 0 Å². The van der Waals surface area contributed by atoms with E-state index in [0.29, 0.717) is 17.5 Å². The van der Waals surface area contributed by atoms with Crippen molar-refractivity contribution < 1.29 is 23.5 Å². The van der Waals surface area contributed by atoms with Gasteiger partial charge in [-0.1, -0.05) is 24.3 Å².